The van der Waals surface area contributed by atoms with Crippen molar-refractivity contribution >= 4 is 23.4 Å². The van der Waals surface area contributed by atoms with Crippen molar-refractivity contribution in [2.45, 2.75) is 6.61 Å². The number of rotatable bonds is 3. The Kier molecular flexibility index (Phi) is 4.88. The minimum Gasteiger partial charge on any atom is -0.465 e. The van der Waals surface area contributed by atoms with E-state index in [1.165, 1.54) is 7.11 Å². The van der Waals surface area contributed by atoms with Gasteiger partial charge in [-0.25, -0.2) is 9.59 Å². The van der Waals surface area contributed by atoms with Crippen molar-refractivity contribution in [1.29, 1.82) is 0 Å². The summed E-state index contributed by atoms with van der Waals surface area (Å²) in [6.07, 6.45) is -0.399. The second kappa shape index (κ2) is 7.25. The van der Waals surface area contributed by atoms with Gasteiger partial charge in [0, 0.05) is 20.1 Å². The third-order valence-electron chi connectivity index (χ3n) is 4.18. The normalized spacial score (nSPS) is 13.2. The highest BCUT2D eigenvalue weighted by atomic mass is 16.6. The molecule has 0 aromatic heterocycles. The van der Waals surface area contributed by atoms with Gasteiger partial charge in [-0.1, -0.05) is 30.3 Å². The lowest BCUT2D eigenvalue weighted by atomic mass is 10.1. The van der Waals surface area contributed by atoms with Gasteiger partial charge in [-0.05, 0) is 23.8 Å². The minimum atomic E-state index is -0.403. The van der Waals surface area contributed by atoms with E-state index in [0.29, 0.717) is 18.7 Å². The number of amides is 1. The van der Waals surface area contributed by atoms with E-state index in [0.717, 1.165) is 16.9 Å². The van der Waals surface area contributed by atoms with Crippen LogP contribution in [0.4, 0.5) is 16.2 Å². The van der Waals surface area contributed by atoms with Gasteiger partial charge in [-0.3, -0.25) is 4.90 Å². The van der Waals surface area contributed by atoms with Crippen LogP contribution in [0.2, 0.25) is 0 Å². The zero-order valence-electron chi connectivity index (χ0n) is 14.3. The lowest BCUT2D eigenvalue weighted by molar-refractivity contribution is 0.0601. The maximum absolute atomic E-state index is 12.5. The highest BCUT2D eigenvalue weighted by Crippen LogP contribution is 2.33. The van der Waals surface area contributed by atoms with Gasteiger partial charge in [0.2, 0.25) is 0 Å². The second-order valence-electron chi connectivity index (χ2n) is 5.81. The van der Waals surface area contributed by atoms with Crippen LogP contribution in [0, 0.1) is 0 Å². The number of nitrogens with zero attached hydrogens (tertiary/aromatic N) is 2. The molecule has 130 valence electrons. The summed E-state index contributed by atoms with van der Waals surface area (Å²) in [7, 11) is 3.27. The SMILES string of the molecule is COC(=O)c1ccc2c(c1)N(C)CCN2C(=O)OCc1ccccc1. The summed E-state index contributed by atoms with van der Waals surface area (Å²) in [5, 5.41) is 0. The highest BCUT2D eigenvalue weighted by Gasteiger charge is 2.27. The molecule has 0 bridgehead atoms. The van der Waals surface area contributed by atoms with Crippen molar-refractivity contribution in [2.24, 2.45) is 0 Å². The number of hydrogen-bond acceptors (Lipinski definition) is 5. The summed E-state index contributed by atoms with van der Waals surface area (Å²) in [4.78, 5) is 27.8. The second-order valence-corrected chi connectivity index (χ2v) is 5.81. The summed E-state index contributed by atoms with van der Waals surface area (Å²) in [5.41, 5.74) is 2.91. The first-order valence-electron chi connectivity index (χ1n) is 8.02. The molecule has 0 N–H and O–H groups in total. The maximum atomic E-state index is 12.5. The average molecular weight is 340 g/mol. The smallest absolute Gasteiger partial charge is 0.414 e. The Morgan fingerprint density at radius 2 is 1.80 bits per heavy atom. The van der Waals surface area contributed by atoms with Gasteiger partial charge >= 0.3 is 12.1 Å². The number of likely N-dealkylation sites (N-methyl/N-ethyl adjacent to an activating group) is 1. The number of methoxy groups -OCH3 is 1. The van der Waals surface area contributed by atoms with Crippen LogP contribution in [-0.4, -0.2) is 39.3 Å². The Morgan fingerprint density at radius 3 is 2.52 bits per heavy atom. The van der Waals surface area contributed by atoms with Gasteiger partial charge in [0.15, 0.2) is 0 Å². The van der Waals surface area contributed by atoms with E-state index in [1.54, 1.807) is 23.1 Å². The number of anilines is 2. The van der Waals surface area contributed by atoms with E-state index >= 15 is 0 Å². The maximum Gasteiger partial charge on any atom is 0.414 e. The fraction of sp³-hybridized carbons (Fsp3) is 0.263. The predicted octanol–water partition coefficient (Wildman–Crippen LogP) is 3.07. The molecule has 0 atom stereocenters. The molecule has 0 unspecified atom stereocenters. The fourth-order valence-electron chi connectivity index (χ4n) is 2.78. The molecule has 6 heteroatoms. The Labute approximate surface area is 146 Å². The predicted molar refractivity (Wildman–Crippen MR) is 95.0 cm³/mol. The lowest BCUT2D eigenvalue weighted by Gasteiger charge is -2.35. The molecule has 1 aliphatic rings. The van der Waals surface area contributed by atoms with Crippen LogP contribution in [0.3, 0.4) is 0 Å². The summed E-state index contributed by atoms with van der Waals surface area (Å²) in [6, 6.07) is 14.7. The van der Waals surface area contributed by atoms with Gasteiger partial charge in [0.05, 0.1) is 24.0 Å². The number of hydrogen-bond donors (Lipinski definition) is 0. The van der Waals surface area contributed by atoms with Crippen LogP contribution < -0.4 is 9.80 Å². The van der Waals surface area contributed by atoms with E-state index in [-0.39, 0.29) is 6.61 Å². The summed E-state index contributed by atoms with van der Waals surface area (Å²) in [6.45, 7) is 1.40. The van der Waals surface area contributed by atoms with E-state index in [9.17, 15) is 9.59 Å². The molecule has 6 nitrogen and oxygen atoms in total. The molecular weight excluding hydrogens is 320 g/mol. The van der Waals surface area contributed by atoms with Crippen molar-refractivity contribution in [3.63, 3.8) is 0 Å². The Hall–Kier alpha value is -3.02. The number of ether oxygens (including phenoxy) is 2. The monoisotopic (exact) mass is 340 g/mol. The molecule has 25 heavy (non-hydrogen) atoms. The van der Waals surface area contributed by atoms with Crippen LogP contribution in [-0.2, 0) is 16.1 Å². The molecule has 0 radical (unpaired) electrons. The first-order chi connectivity index (χ1) is 12.1. The molecule has 0 saturated carbocycles. The molecular formula is C19H20N2O4. The molecule has 0 spiro atoms. The molecule has 2 aromatic rings. The standard InChI is InChI=1S/C19H20N2O4/c1-20-10-11-21(19(23)25-13-14-6-4-3-5-7-14)16-9-8-15(12-17(16)20)18(22)24-2/h3-9,12H,10-11,13H2,1-2H3. The molecule has 1 amide bonds. The van der Waals surface area contributed by atoms with Crippen molar-refractivity contribution in [3.8, 4) is 0 Å². The first kappa shape index (κ1) is 16.8. The first-order valence-corrected chi connectivity index (χ1v) is 8.02. The average Bonchev–Trinajstić information content (AvgIpc) is 2.66. The summed E-state index contributed by atoms with van der Waals surface area (Å²) < 4.78 is 10.2. The third-order valence-corrected chi connectivity index (χ3v) is 4.18. The summed E-state index contributed by atoms with van der Waals surface area (Å²) in [5.74, 6) is -0.403. The van der Waals surface area contributed by atoms with E-state index in [4.69, 9.17) is 9.47 Å². The van der Waals surface area contributed by atoms with Crippen molar-refractivity contribution < 1.29 is 19.1 Å². The zero-order chi connectivity index (χ0) is 17.8. The zero-order valence-corrected chi connectivity index (χ0v) is 14.3. The number of esters is 1. The minimum absolute atomic E-state index is 0.224. The van der Waals surface area contributed by atoms with Gasteiger partial charge in [-0.15, -0.1) is 0 Å². The Bertz CT molecular complexity index is 776. The van der Waals surface area contributed by atoms with Gasteiger partial charge < -0.3 is 14.4 Å². The molecule has 0 fully saturated rings. The van der Waals surface area contributed by atoms with Crippen molar-refractivity contribution in [3.05, 3.63) is 59.7 Å². The molecule has 3 rings (SSSR count). The number of carbonyl (C=O) groups excluding carboxylic acids is 2. The van der Waals surface area contributed by atoms with Crippen molar-refractivity contribution in [2.75, 3.05) is 37.0 Å². The lowest BCUT2D eigenvalue weighted by Crippen LogP contribution is -2.43. The molecule has 2 aromatic carbocycles. The molecule has 0 aliphatic carbocycles. The molecule has 0 saturated heterocycles. The third kappa shape index (κ3) is 3.57. The van der Waals surface area contributed by atoms with Crippen LogP contribution in [0.1, 0.15) is 15.9 Å². The molecule has 1 heterocycles. The van der Waals surface area contributed by atoms with Gasteiger partial charge in [-0.2, -0.15) is 0 Å². The Morgan fingerprint density at radius 1 is 1.04 bits per heavy atom. The Balaban J connectivity index is 1.79. The quantitative estimate of drug-likeness (QED) is 0.804. The van der Waals surface area contributed by atoms with Gasteiger partial charge in [0.25, 0.3) is 0 Å². The largest absolute Gasteiger partial charge is 0.465 e. The van der Waals surface area contributed by atoms with Gasteiger partial charge in [0.1, 0.15) is 6.61 Å². The highest BCUT2D eigenvalue weighted by molar-refractivity contribution is 5.97. The van der Waals surface area contributed by atoms with Crippen molar-refractivity contribution in [1.82, 2.24) is 0 Å². The number of benzene rings is 2. The summed E-state index contributed by atoms with van der Waals surface area (Å²) >= 11 is 0. The van der Waals surface area contributed by atoms with Crippen LogP contribution in [0.15, 0.2) is 48.5 Å². The fourth-order valence-corrected chi connectivity index (χ4v) is 2.78. The van der Waals surface area contributed by atoms with E-state index in [1.807, 2.05) is 42.3 Å². The number of carbonyl (C=O) groups is 2. The number of fused-ring (bicyclic) bond motifs is 1. The van der Waals surface area contributed by atoms with Crippen LogP contribution in [0.25, 0.3) is 0 Å². The molecule has 1 aliphatic heterocycles. The van der Waals surface area contributed by atoms with E-state index < -0.39 is 12.1 Å². The van der Waals surface area contributed by atoms with Crippen LogP contribution >= 0.6 is 0 Å². The topological polar surface area (TPSA) is 59.1 Å². The van der Waals surface area contributed by atoms with Crippen LogP contribution in [0.5, 0.6) is 0 Å². The van der Waals surface area contributed by atoms with E-state index in [2.05, 4.69) is 0 Å².